The number of carbonyl (C=O) groups is 2. The zero-order valence-electron chi connectivity index (χ0n) is 26.7. The number of aliphatic carboxylic acids is 2. The second kappa shape index (κ2) is 15.7. The van der Waals surface area contributed by atoms with Crippen molar-refractivity contribution in [2.24, 2.45) is 11.8 Å². The molecule has 2 aromatic carbocycles. The van der Waals surface area contributed by atoms with E-state index in [9.17, 15) is 50.4 Å². The predicted molar refractivity (Wildman–Crippen MR) is 162 cm³/mol. The van der Waals surface area contributed by atoms with Crippen molar-refractivity contribution in [2.75, 3.05) is 14.2 Å². The van der Waals surface area contributed by atoms with Crippen LogP contribution in [0.1, 0.15) is 25.0 Å². The second-order valence-corrected chi connectivity index (χ2v) is 12.0. The Hall–Kier alpha value is -3.74. The number of carboxylic acid groups (broad SMARTS) is 2. The Bertz CT molecular complexity index is 1420. The lowest BCUT2D eigenvalue weighted by atomic mass is 9.85. The Balaban J connectivity index is 1.60. The minimum Gasteiger partial charge on any atom is -0.493 e. The Morgan fingerprint density at radius 3 is 1.42 bits per heavy atom. The van der Waals surface area contributed by atoms with Gasteiger partial charge in [-0.15, -0.1) is 0 Å². The molecule has 0 radical (unpaired) electrons. The summed E-state index contributed by atoms with van der Waals surface area (Å²) in [6.07, 6.45) is -18.1. The molecule has 0 saturated carbocycles. The summed E-state index contributed by atoms with van der Waals surface area (Å²) in [5.41, 5.74) is 1.70. The van der Waals surface area contributed by atoms with E-state index in [1.807, 2.05) is 25.1 Å². The van der Waals surface area contributed by atoms with E-state index in [0.29, 0.717) is 29.9 Å². The maximum Gasteiger partial charge on any atom is 0.335 e. The van der Waals surface area contributed by atoms with Gasteiger partial charge in [-0.2, -0.15) is 0 Å². The van der Waals surface area contributed by atoms with E-state index in [1.165, 1.54) is 12.1 Å². The molecule has 16 heteroatoms. The number of aliphatic hydroxyl groups excluding tert-OH is 6. The van der Waals surface area contributed by atoms with Crippen molar-refractivity contribution in [3.8, 4) is 23.0 Å². The predicted octanol–water partition coefficient (Wildman–Crippen LogP) is -0.697. The molecule has 16 nitrogen and oxygen atoms in total. The molecule has 0 aromatic heterocycles. The largest absolute Gasteiger partial charge is 0.493 e. The number of ether oxygens (including phenoxy) is 6. The second-order valence-electron chi connectivity index (χ2n) is 12.0. The van der Waals surface area contributed by atoms with Crippen LogP contribution in [-0.4, -0.2) is 128 Å². The summed E-state index contributed by atoms with van der Waals surface area (Å²) < 4.78 is 32.7. The zero-order valence-corrected chi connectivity index (χ0v) is 26.7. The summed E-state index contributed by atoms with van der Waals surface area (Å²) in [5, 5.41) is 80.6. The van der Waals surface area contributed by atoms with Crippen LogP contribution in [0.5, 0.6) is 23.0 Å². The minimum atomic E-state index is -1.97. The molecule has 266 valence electrons. The lowest BCUT2D eigenvalue weighted by Crippen LogP contribution is -2.61. The maximum absolute atomic E-state index is 11.7. The van der Waals surface area contributed by atoms with Gasteiger partial charge < -0.3 is 69.3 Å². The van der Waals surface area contributed by atoms with E-state index in [4.69, 9.17) is 28.4 Å². The lowest BCUT2D eigenvalue weighted by molar-refractivity contribution is -0.276. The topological polar surface area (TPSA) is 251 Å². The van der Waals surface area contributed by atoms with Gasteiger partial charge in [0.25, 0.3) is 0 Å². The summed E-state index contributed by atoms with van der Waals surface area (Å²) in [6.45, 7) is 4.10. The number of rotatable bonds is 13. The first-order valence-electron chi connectivity index (χ1n) is 15.2. The molecule has 0 bridgehead atoms. The first kappa shape index (κ1) is 37.1. The van der Waals surface area contributed by atoms with Gasteiger partial charge in [0.05, 0.1) is 14.2 Å². The Morgan fingerprint density at radius 2 is 1.00 bits per heavy atom. The number of carboxylic acids is 2. The quantitative estimate of drug-likeness (QED) is 0.130. The van der Waals surface area contributed by atoms with E-state index in [2.05, 4.69) is 6.92 Å². The minimum absolute atomic E-state index is 0.0686. The van der Waals surface area contributed by atoms with Gasteiger partial charge in [0.1, 0.15) is 36.6 Å². The van der Waals surface area contributed by atoms with E-state index in [1.54, 1.807) is 20.3 Å². The van der Waals surface area contributed by atoms with Crippen LogP contribution in [0.25, 0.3) is 0 Å². The van der Waals surface area contributed by atoms with E-state index < -0.39 is 73.4 Å². The molecular formula is C32H42O16. The fraction of sp³-hybridized carbons (Fsp3) is 0.562. The van der Waals surface area contributed by atoms with Crippen LogP contribution >= 0.6 is 0 Å². The van der Waals surface area contributed by atoms with Crippen LogP contribution in [0.3, 0.4) is 0 Å². The molecule has 0 unspecified atom stereocenters. The van der Waals surface area contributed by atoms with Gasteiger partial charge in [-0.3, -0.25) is 0 Å². The fourth-order valence-electron chi connectivity index (χ4n) is 5.57. The molecule has 2 aliphatic rings. The average molecular weight is 683 g/mol. The Morgan fingerprint density at radius 1 is 0.604 bits per heavy atom. The summed E-state index contributed by atoms with van der Waals surface area (Å²) in [5.74, 6) is -2.25. The molecule has 2 aromatic rings. The highest BCUT2D eigenvalue weighted by Gasteiger charge is 2.50. The van der Waals surface area contributed by atoms with E-state index in [0.717, 1.165) is 5.56 Å². The number of benzene rings is 2. The van der Waals surface area contributed by atoms with Crippen LogP contribution < -0.4 is 18.9 Å². The van der Waals surface area contributed by atoms with E-state index >= 15 is 0 Å². The highest BCUT2D eigenvalue weighted by atomic mass is 16.7. The van der Waals surface area contributed by atoms with Crippen molar-refractivity contribution in [1.82, 2.24) is 0 Å². The van der Waals surface area contributed by atoms with Crippen molar-refractivity contribution >= 4 is 11.9 Å². The number of methoxy groups -OCH3 is 2. The summed E-state index contributed by atoms with van der Waals surface area (Å²) in [7, 11) is 3.11. The molecule has 2 heterocycles. The van der Waals surface area contributed by atoms with Crippen molar-refractivity contribution in [3.05, 3.63) is 47.5 Å². The third-order valence-corrected chi connectivity index (χ3v) is 8.66. The number of aliphatic hydroxyl groups is 6. The van der Waals surface area contributed by atoms with Crippen molar-refractivity contribution < 1.29 is 78.9 Å². The summed E-state index contributed by atoms with van der Waals surface area (Å²) in [4.78, 5) is 23.3. The number of hydrogen-bond acceptors (Lipinski definition) is 14. The SMILES string of the molecule is COc1ccc(C[C@@H](C)[C@@H](C)Cc2ccc(O[C@@H]3O[C@H](C(=O)O)[C@@H](O)[C@H](O)[C@H]3O)c(O[C@@H]3O[C@H](C(=O)O)[C@@H](O)[C@H](O)[C@H]3O)c2)cc1OC. The summed E-state index contributed by atoms with van der Waals surface area (Å²) >= 11 is 0. The van der Waals surface area contributed by atoms with Gasteiger partial charge in [-0.1, -0.05) is 26.0 Å². The number of hydrogen-bond donors (Lipinski definition) is 8. The van der Waals surface area contributed by atoms with Gasteiger partial charge in [0.15, 0.2) is 35.2 Å². The standard InChI is InChI=1S/C32H42O16/c1-13(9-15-5-7-17(43-3)19(11-15)44-4)14(2)10-16-6-8-18(45-31-25(37)21(33)23(35)27(47-31)29(39)40)20(12-16)46-32-26(38)22(34)24(36)28(48-32)30(41)42/h5-8,11-14,21-28,31-38H,9-10H2,1-4H3,(H,39,40)(H,41,42)/t13-,14+,21+,22+,23+,24+,25-,26-,27+,28+,31-,32-/m1/s1. The Kier molecular flexibility index (Phi) is 12.1. The molecule has 48 heavy (non-hydrogen) atoms. The molecule has 12 atom stereocenters. The third kappa shape index (κ3) is 8.10. The normalized spacial score (nSPS) is 31.7. The van der Waals surface area contributed by atoms with Crippen LogP contribution in [-0.2, 0) is 31.9 Å². The lowest BCUT2D eigenvalue weighted by Gasteiger charge is -2.40. The van der Waals surface area contributed by atoms with Crippen molar-refractivity contribution in [3.63, 3.8) is 0 Å². The monoisotopic (exact) mass is 682 g/mol. The molecule has 2 aliphatic heterocycles. The molecule has 0 amide bonds. The van der Waals surface area contributed by atoms with Gasteiger partial charge in [0, 0.05) is 0 Å². The highest BCUT2D eigenvalue weighted by Crippen LogP contribution is 2.36. The Labute approximate surface area is 275 Å². The third-order valence-electron chi connectivity index (χ3n) is 8.66. The first-order valence-corrected chi connectivity index (χ1v) is 15.2. The molecular weight excluding hydrogens is 640 g/mol. The first-order chi connectivity index (χ1) is 22.7. The van der Waals surface area contributed by atoms with Crippen LogP contribution in [0, 0.1) is 11.8 Å². The van der Waals surface area contributed by atoms with Crippen LogP contribution in [0.2, 0.25) is 0 Å². The van der Waals surface area contributed by atoms with Gasteiger partial charge in [0.2, 0.25) is 12.6 Å². The average Bonchev–Trinajstić information content (AvgIpc) is 3.05. The maximum atomic E-state index is 11.7. The van der Waals surface area contributed by atoms with Crippen molar-refractivity contribution in [1.29, 1.82) is 0 Å². The highest BCUT2D eigenvalue weighted by molar-refractivity contribution is 5.74. The van der Waals surface area contributed by atoms with Gasteiger partial charge >= 0.3 is 11.9 Å². The van der Waals surface area contributed by atoms with Gasteiger partial charge in [-0.25, -0.2) is 9.59 Å². The molecule has 4 rings (SSSR count). The molecule has 2 saturated heterocycles. The van der Waals surface area contributed by atoms with Crippen LogP contribution in [0.15, 0.2) is 36.4 Å². The fourth-order valence-corrected chi connectivity index (χ4v) is 5.57. The molecule has 0 spiro atoms. The molecule has 0 aliphatic carbocycles. The summed E-state index contributed by atoms with van der Waals surface area (Å²) in [6, 6.07) is 10.2. The van der Waals surface area contributed by atoms with Crippen molar-refractivity contribution in [2.45, 2.75) is 88.1 Å². The van der Waals surface area contributed by atoms with E-state index in [-0.39, 0.29) is 23.3 Å². The van der Waals surface area contributed by atoms with Crippen LogP contribution in [0.4, 0.5) is 0 Å². The smallest absolute Gasteiger partial charge is 0.335 e. The zero-order chi connectivity index (χ0) is 35.4. The molecule has 2 fully saturated rings. The van der Waals surface area contributed by atoms with Gasteiger partial charge in [-0.05, 0) is 60.1 Å². The molecule has 8 N–H and O–H groups in total.